The van der Waals surface area contributed by atoms with Crippen LogP contribution in [-0.2, 0) is 4.79 Å². The summed E-state index contributed by atoms with van der Waals surface area (Å²) >= 11 is 9.17. The first-order chi connectivity index (χ1) is 16.5. The molecule has 0 fully saturated rings. The van der Waals surface area contributed by atoms with Crippen LogP contribution in [0.2, 0.25) is 5.02 Å². The Kier molecular flexibility index (Phi) is 12.4. The number of hydrogen-bond acceptors (Lipinski definition) is 7. The van der Waals surface area contributed by atoms with E-state index in [9.17, 15) is 4.79 Å². The van der Waals surface area contributed by atoms with Crippen LogP contribution < -0.4 is 14.4 Å². The zero-order chi connectivity index (χ0) is 24.5. The van der Waals surface area contributed by atoms with Crippen LogP contribution in [0.4, 0.5) is 5.13 Å². The summed E-state index contributed by atoms with van der Waals surface area (Å²) in [6.07, 6.45) is 1.24. The van der Waals surface area contributed by atoms with Gasteiger partial charge in [0, 0.05) is 29.4 Å². The van der Waals surface area contributed by atoms with Gasteiger partial charge >= 0.3 is 0 Å². The number of amides is 1. The Balaban J connectivity index is 0.00000432. The predicted molar refractivity (Wildman–Crippen MR) is 152 cm³/mol. The number of fused-ring (bicyclic) bond motifs is 1. The van der Waals surface area contributed by atoms with Crippen molar-refractivity contribution in [3.8, 4) is 11.5 Å². The molecule has 0 saturated carbocycles. The molecule has 2 aromatic carbocycles. The summed E-state index contributed by atoms with van der Waals surface area (Å²) in [6, 6.07) is 11.5. The van der Waals surface area contributed by atoms with Crippen LogP contribution in [0.25, 0.3) is 10.2 Å². The lowest BCUT2D eigenvalue weighted by molar-refractivity contribution is -0.118. The van der Waals surface area contributed by atoms with Crippen molar-refractivity contribution in [2.24, 2.45) is 0 Å². The number of nitrogens with zero attached hydrogens (tertiary/aromatic N) is 3. The second-order valence-corrected chi connectivity index (χ2v) is 10.2. The molecule has 35 heavy (non-hydrogen) atoms. The van der Waals surface area contributed by atoms with E-state index in [2.05, 4.69) is 18.7 Å². The number of methoxy groups -OCH3 is 2. The lowest BCUT2D eigenvalue weighted by Gasteiger charge is -2.24. The highest BCUT2D eigenvalue weighted by atomic mass is 35.5. The van der Waals surface area contributed by atoms with Crippen molar-refractivity contribution in [2.75, 3.05) is 51.1 Å². The van der Waals surface area contributed by atoms with E-state index >= 15 is 0 Å². The summed E-state index contributed by atoms with van der Waals surface area (Å²) in [4.78, 5) is 23.5. The molecule has 0 atom stereocenters. The molecule has 0 radical (unpaired) electrons. The monoisotopic (exact) mass is 557 g/mol. The second-order valence-electron chi connectivity index (χ2n) is 7.62. The first-order valence-corrected chi connectivity index (χ1v) is 13.6. The zero-order valence-electron chi connectivity index (χ0n) is 20.6. The zero-order valence-corrected chi connectivity index (χ0v) is 23.8. The normalized spacial score (nSPS) is 10.9. The van der Waals surface area contributed by atoms with E-state index in [-0.39, 0.29) is 18.3 Å². The average Bonchev–Trinajstić information content (AvgIpc) is 3.30. The molecule has 0 unspecified atom stereocenters. The Bertz CT molecular complexity index is 1030. The van der Waals surface area contributed by atoms with Crippen LogP contribution in [0, 0.1) is 0 Å². The van der Waals surface area contributed by atoms with Crippen molar-refractivity contribution in [3.63, 3.8) is 0 Å². The average molecular weight is 559 g/mol. The van der Waals surface area contributed by atoms with Gasteiger partial charge in [0.15, 0.2) is 5.13 Å². The molecule has 192 valence electrons. The number of thioether (sulfide) groups is 1. The maximum Gasteiger partial charge on any atom is 0.228 e. The molecule has 0 aliphatic heterocycles. The molecule has 0 spiro atoms. The third kappa shape index (κ3) is 7.89. The number of carbonyl (C=O) groups excluding carboxylic acids is 1. The van der Waals surface area contributed by atoms with Crippen LogP contribution in [0.1, 0.15) is 26.7 Å². The minimum absolute atomic E-state index is 0. The lowest BCUT2D eigenvalue weighted by Crippen LogP contribution is -2.38. The molecule has 3 aromatic rings. The van der Waals surface area contributed by atoms with Gasteiger partial charge in [0.2, 0.25) is 5.91 Å². The highest BCUT2D eigenvalue weighted by molar-refractivity contribution is 7.99. The Morgan fingerprint density at radius 2 is 1.69 bits per heavy atom. The number of benzene rings is 2. The smallest absolute Gasteiger partial charge is 0.228 e. The van der Waals surface area contributed by atoms with Gasteiger partial charge in [-0.3, -0.25) is 9.69 Å². The number of rotatable bonds is 13. The minimum Gasteiger partial charge on any atom is -0.495 e. The maximum absolute atomic E-state index is 13.4. The maximum atomic E-state index is 13.4. The Morgan fingerprint density at radius 1 is 1.03 bits per heavy atom. The van der Waals surface area contributed by atoms with Gasteiger partial charge in [0.1, 0.15) is 21.7 Å². The van der Waals surface area contributed by atoms with Gasteiger partial charge < -0.3 is 14.4 Å². The fraction of sp³-hybridized carbons (Fsp3) is 0.440. The van der Waals surface area contributed by atoms with Gasteiger partial charge in [-0.05, 0) is 61.7 Å². The first-order valence-electron chi connectivity index (χ1n) is 11.4. The first kappa shape index (κ1) is 29.5. The summed E-state index contributed by atoms with van der Waals surface area (Å²) in [5.41, 5.74) is 0.723. The van der Waals surface area contributed by atoms with Crippen molar-refractivity contribution in [1.29, 1.82) is 0 Å². The third-order valence-electron chi connectivity index (χ3n) is 5.58. The summed E-state index contributed by atoms with van der Waals surface area (Å²) in [5.74, 6) is 2.35. The number of carbonyl (C=O) groups is 1. The lowest BCUT2D eigenvalue weighted by atomic mass is 10.3. The van der Waals surface area contributed by atoms with Crippen LogP contribution in [0.3, 0.4) is 0 Å². The van der Waals surface area contributed by atoms with Crippen molar-refractivity contribution in [3.05, 3.63) is 41.4 Å². The van der Waals surface area contributed by atoms with E-state index in [1.165, 1.54) is 11.3 Å². The van der Waals surface area contributed by atoms with Crippen LogP contribution in [-0.4, -0.2) is 61.9 Å². The topological polar surface area (TPSA) is 54.9 Å². The number of likely N-dealkylation sites (N-methyl/N-ethyl adjacent to an activating group) is 1. The number of thiazole rings is 1. The third-order valence-corrected chi connectivity index (χ3v) is 8.03. The second kappa shape index (κ2) is 14.8. The van der Waals surface area contributed by atoms with Crippen molar-refractivity contribution in [2.45, 2.75) is 31.6 Å². The van der Waals surface area contributed by atoms with Crippen molar-refractivity contribution >= 4 is 68.4 Å². The number of halogens is 2. The van der Waals surface area contributed by atoms with E-state index in [1.54, 1.807) is 26.0 Å². The molecule has 0 bridgehead atoms. The summed E-state index contributed by atoms with van der Waals surface area (Å²) in [7, 11) is 3.27. The van der Waals surface area contributed by atoms with E-state index in [0.717, 1.165) is 57.7 Å². The Hall–Kier alpha value is -1.71. The summed E-state index contributed by atoms with van der Waals surface area (Å²) in [5, 5.41) is 1.41. The van der Waals surface area contributed by atoms with E-state index in [0.29, 0.717) is 23.8 Å². The standard InChI is InChI=1S/C25H32ClN3O3S2.ClH/c1-5-28(6-2)15-16-29(22(30)8-7-17-33-19-11-9-18(26)10-12-19)25-27-23-20(31-3)13-14-21(32-4)24(23)34-25;/h9-14H,5-8,15-17H2,1-4H3;1H. The highest BCUT2D eigenvalue weighted by Crippen LogP contribution is 2.40. The fourth-order valence-electron chi connectivity index (χ4n) is 3.58. The quantitative estimate of drug-likeness (QED) is 0.173. The summed E-state index contributed by atoms with van der Waals surface area (Å²) < 4.78 is 11.9. The molecule has 1 amide bonds. The number of hydrogen-bond donors (Lipinski definition) is 0. The molecule has 10 heteroatoms. The molecule has 1 aromatic heterocycles. The van der Waals surface area contributed by atoms with Gasteiger partial charge in [0.05, 0.1) is 14.2 Å². The van der Waals surface area contributed by atoms with E-state index < -0.39 is 0 Å². The molecule has 6 nitrogen and oxygen atoms in total. The number of aromatic nitrogens is 1. The molecule has 1 heterocycles. The predicted octanol–water partition coefficient (Wildman–Crippen LogP) is 6.64. The largest absolute Gasteiger partial charge is 0.495 e. The summed E-state index contributed by atoms with van der Waals surface area (Å²) in [6.45, 7) is 7.54. The molecule has 0 saturated heterocycles. The SMILES string of the molecule is CCN(CC)CCN(C(=O)CCCSc1ccc(Cl)cc1)c1nc2c(OC)ccc(OC)c2s1.Cl. The van der Waals surface area contributed by atoms with Crippen LogP contribution in [0.5, 0.6) is 11.5 Å². The van der Waals surface area contributed by atoms with Crippen molar-refractivity contribution in [1.82, 2.24) is 9.88 Å². The Morgan fingerprint density at radius 3 is 2.31 bits per heavy atom. The molecule has 0 aliphatic carbocycles. The molecule has 3 rings (SSSR count). The number of ether oxygens (including phenoxy) is 2. The van der Waals surface area contributed by atoms with Gasteiger partial charge in [0.25, 0.3) is 0 Å². The van der Waals surface area contributed by atoms with Crippen LogP contribution in [0.15, 0.2) is 41.3 Å². The highest BCUT2D eigenvalue weighted by Gasteiger charge is 2.22. The van der Waals surface area contributed by atoms with Gasteiger partial charge in [-0.15, -0.1) is 24.2 Å². The van der Waals surface area contributed by atoms with Gasteiger partial charge in [-0.2, -0.15) is 0 Å². The minimum atomic E-state index is 0. The molecule has 0 aliphatic rings. The van der Waals surface area contributed by atoms with Gasteiger partial charge in [-0.25, -0.2) is 4.98 Å². The van der Waals surface area contributed by atoms with Gasteiger partial charge in [-0.1, -0.05) is 36.8 Å². The fourth-order valence-corrected chi connectivity index (χ4v) is 5.67. The van der Waals surface area contributed by atoms with Crippen molar-refractivity contribution < 1.29 is 14.3 Å². The molecular weight excluding hydrogens is 525 g/mol. The number of anilines is 1. The molecule has 0 N–H and O–H groups in total. The molecular formula is C25H33Cl2N3O3S2. The van der Waals surface area contributed by atoms with Crippen LogP contribution >= 0.6 is 47.1 Å². The van der Waals surface area contributed by atoms with E-state index in [4.69, 9.17) is 26.1 Å². The van der Waals surface area contributed by atoms with E-state index in [1.807, 2.05) is 41.3 Å². The Labute approximate surface area is 227 Å².